The second-order valence-corrected chi connectivity index (χ2v) is 13.5. The van der Waals surface area contributed by atoms with Crippen LogP contribution in [0, 0.1) is 10.8 Å². The van der Waals surface area contributed by atoms with Crippen LogP contribution in [0.3, 0.4) is 0 Å². The third-order valence-electron chi connectivity index (χ3n) is 10.6. The first-order valence-corrected chi connectivity index (χ1v) is 18.8. The molecule has 0 N–H and O–H groups in total. The van der Waals surface area contributed by atoms with Crippen molar-refractivity contribution < 1.29 is 28.7 Å². The first-order valence-electron chi connectivity index (χ1n) is 17.5. The van der Waals surface area contributed by atoms with Gasteiger partial charge in [0, 0.05) is 61.1 Å². The Morgan fingerprint density at radius 3 is 1.90 bits per heavy atom. The quantitative estimate of drug-likeness (QED) is 0.0881. The molecule has 2 aliphatic heterocycles. The summed E-state index contributed by atoms with van der Waals surface area (Å²) in [6, 6.07) is 19.8. The van der Waals surface area contributed by atoms with Gasteiger partial charge in [0.05, 0.1) is 29.3 Å². The molecule has 0 radical (unpaired) electrons. The molecule has 0 aromatic heterocycles. The lowest BCUT2D eigenvalue weighted by atomic mass is 9.59. The van der Waals surface area contributed by atoms with Crippen LogP contribution in [0.1, 0.15) is 70.4 Å². The Morgan fingerprint density at radius 2 is 1.35 bits per heavy atom. The molecule has 3 fully saturated rings. The van der Waals surface area contributed by atoms with Crippen LogP contribution in [0.25, 0.3) is 21.5 Å². The van der Waals surface area contributed by atoms with Crippen molar-refractivity contribution in [2.24, 2.45) is 10.8 Å². The summed E-state index contributed by atoms with van der Waals surface area (Å²) in [5.74, 6) is 1.30. The molecule has 5 aliphatic rings. The first-order chi connectivity index (χ1) is 24.7. The van der Waals surface area contributed by atoms with Crippen molar-refractivity contribution in [1.82, 2.24) is 0 Å². The summed E-state index contributed by atoms with van der Waals surface area (Å²) in [5, 5.41) is 3.95. The fraction of sp³-hybridized carbons (Fsp3) is 0.415. The third-order valence-corrected chi connectivity index (χ3v) is 11.0. The van der Waals surface area contributed by atoms with Crippen molar-refractivity contribution in [1.29, 1.82) is 0 Å². The van der Waals surface area contributed by atoms with Gasteiger partial charge in [0.1, 0.15) is 17.8 Å². The summed E-state index contributed by atoms with van der Waals surface area (Å²) < 4.78 is 11.3. The van der Waals surface area contributed by atoms with E-state index in [0.29, 0.717) is 50.4 Å². The molecular weight excluding hydrogens is 687 g/mol. The van der Waals surface area contributed by atoms with Crippen LogP contribution in [-0.4, -0.2) is 56.5 Å². The van der Waals surface area contributed by atoms with Crippen molar-refractivity contribution in [3.05, 3.63) is 71.8 Å². The number of benzene rings is 4. The first kappa shape index (κ1) is 38.1. The van der Waals surface area contributed by atoms with Crippen molar-refractivity contribution in [3.8, 4) is 11.5 Å². The van der Waals surface area contributed by atoms with Crippen LogP contribution in [-0.2, 0) is 25.6 Å². The number of esters is 1. The highest BCUT2D eigenvalue weighted by Crippen LogP contribution is 2.69. The number of rotatable bonds is 5. The second-order valence-electron chi connectivity index (χ2n) is 13.2. The average molecular weight is 734 g/mol. The molecule has 51 heavy (non-hydrogen) atoms. The van der Waals surface area contributed by atoms with Gasteiger partial charge in [-0.3, -0.25) is 14.4 Å². The highest BCUT2D eigenvalue weighted by molar-refractivity contribution is 6.19. The van der Waals surface area contributed by atoms with Crippen LogP contribution in [0.4, 0.5) is 11.4 Å². The summed E-state index contributed by atoms with van der Waals surface area (Å²) in [5.41, 5.74) is 2.78. The number of aldehydes is 1. The molecule has 2 bridgehead atoms. The molecule has 10 heteroatoms. The minimum absolute atomic E-state index is 0.0398. The number of nitrogens with zero attached hydrogens (tertiary/aromatic N) is 2. The number of hydrogen-bond donors (Lipinski definition) is 0. The second kappa shape index (κ2) is 15.6. The minimum Gasteiger partial charge on any atom is -0.496 e. The van der Waals surface area contributed by atoms with Crippen LogP contribution in [0.2, 0.25) is 0 Å². The van der Waals surface area contributed by atoms with E-state index in [0.717, 1.165) is 56.9 Å². The van der Waals surface area contributed by atoms with Gasteiger partial charge in [0.15, 0.2) is 0 Å². The van der Waals surface area contributed by atoms with Crippen molar-refractivity contribution in [3.63, 3.8) is 0 Å². The van der Waals surface area contributed by atoms with Crippen LogP contribution in [0.15, 0.2) is 60.7 Å². The van der Waals surface area contributed by atoms with E-state index >= 15 is 0 Å². The van der Waals surface area contributed by atoms with Crippen molar-refractivity contribution in [2.45, 2.75) is 65.7 Å². The van der Waals surface area contributed by atoms with E-state index < -0.39 is 16.8 Å². The Hall–Kier alpha value is -4.14. The molecule has 2 amide bonds. The molecule has 0 saturated heterocycles. The molecule has 270 valence electrons. The van der Waals surface area contributed by atoms with Gasteiger partial charge in [0.2, 0.25) is 11.8 Å². The Balaban J connectivity index is 0.000000675. The number of alkyl halides is 2. The fourth-order valence-corrected chi connectivity index (χ4v) is 9.00. The fourth-order valence-electron chi connectivity index (χ4n) is 8.75. The zero-order valence-electron chi connectivity index (χ0n) is 30.2. The number of halogens is 2. The largest absolute Gasteiger partial charge is 0.496 e. The Morgan fingerprint density at radius 1 is 0.843 bits per heavy atom. The molecule has 3 saturated carbocycles. The van der Waals surface area contributed by atoms with Gasteiger partial charge >= 0.3 is 5.97 Å². The Bertz CT molecular complexity index is 1970. The number of amides is 2. The lowest BCUT2D eigenvalue weighted by Gasteiger charge is -2.47. The maximum absolute atomic E-state index is 14.4. The predicted molar refractivity (Wildman–Crippen MR) is 206 cm³/mol. The summed E-state index contributed by atoms with van der Waals surface area (Å²) in [6.45, 7) is 7.93. The van der Waals surface area contributed by atoms with Gasteiger partial charge in [-0.05, 0) is 60.9 Å². The standard InChI is InChI=1S/C36H33ClN2O5.C2H4O.C2H6.CH3Cl/c1-21(40)44-31-16-29-32(27-10-6-5-9-26(27)31)22(17-37)18-39(29)34(42)36-13-12-35(19-36,20-36)33(41)38-14-11-24-23-7-3-4-8-25(23)30(43-2)15-28(24)38;1-2-3;2*1-2/h3-10,15-16,22H,11-14,17-20H2,1-2H3;2H,1H3;1-2H3;1H3. The van der Waals surface area contributed by atoms with Gasteiger partial charge in [0.25, 0.3) is 0 Å². The van der Waals surface area contributed by atoms with E-state index in [2.05, 4.69) is 23.7 Å². The summed E-state index contributed by atoms with van der Waals surface area (Å²) >= 11 is 11.1. The SMILES string of the molecule is CC.CC=O.CCl.COc1cc2c(c3ccccc13)CCN2C(=O)C12CCC(C(=O)N3CC(CCl)c4c3cc(OC(C)=O)c3ccccc43)(C1)C2. The number of hydrogen-bond acceptors (Lipinski definition) is 6. The molecule has 4 aromatic carbocycles. The van der Waals surface area contributed by atoms with E-state index in [-0.39, 0.29) is 17.7 Å². The van der Waals surface area contributed by atoms with E-state index in [1.165, 1.54) is 25.8 Å². The number of ether oxygens (including phenoxy) is 2. The monoisotopic (exact) mass is 732 g/mol. The zero-order chi connectivity index (χ0) is 37.1. The van der Waals surface area contributed by atoms with Crippen molar-refractivity contribution >= 4 is 80.2 Å². The highest BCUT2D eigenvalue weighted by Gasteiger charge is 2.69. The topological polar surface area (TPSA) is 93.2 Å². The number of anilines is 2. The molecule has 1 unspecified atom stereocenters. The Kier molecular flexibility index (Phi) is 11.7. The molecule has 8 nitrogen and oxygen atoms in total. The Labute approximate surface area is 310 Å². The lowest BCUT2D eigenvalue weighted by Crippen LogP contribution is -2.55. The summed E-state index contributed by atoms with van der Waals surface area (Å²) in [6.07, 6.45) is 5.51. The molecule has 9 rings (SSSR count). The maximum atomic E-state index is 14.4. The average Bonchev–Trinajstić information content (AvgIpc) is 3.94. The highest BCUT2D eigenvalue weighted by atomic mass is 35.5. The number of carbonyl (C=O) groups is 4. The molecular formula is C41H46Cl2N2O6. The van der Waals surface area contributed by atoms with E-state index in [9.17, 15) is 14.4 Å². The van der Waals surface area contributed by atoms with E-state index in [1.54, 1.807) is 7.11 Å². The number of fused-ring (bicyclic) bond motifs is 7. The number of methoxy groups -OCH3 is 1. The molecule has 0 spiro atoms. The molecule has 4 aromatic rings. The minimum atomic E-state index is -0.578. The summed E-state index contributed by atoms with van der Waals surface area (Å²) in [4.78, 5) is 53.3. The predicted octanol–water partition coefficient (Wildman–Crippen LogP) is 8.83. The van der Waals surface area contributed by atoms with Crippen LogP contribution in [0.5, 0.6) is 11.5 Å². The zero-order valence-corrected chi connectivity index (χ0v) is 31.7. The molecule has 3 aliphatic carbocycles. The van der Waals surface area contributed by atoms with Crippen LogP contribution >= 0.6 is 23.2 Å². The van der Waals surface area contributed by atoms with Gasteiger partial charge in [-0.25, -0.2) is 0 Å². The maximum Gasteiger partial charge on any atom is 0.308 e. The van der Waals surface area contributed by atoms with Crippen LogP contribution < -0.4 is 19.3 Å². The van der Waals surface area contributed by atoms with Gasteiger partial charge in [-0.15, -0.1) is 23.2 Å². The third kappa shape index (κ3) is 6.35. The summed E-state index contributed by atoms with van der Waals surface area (Å²) in [7, 11) is 1.67. The molecule has 1 atom stereocenters. The van der Waals surface area contributed by atoms with Gasteiger partial charge in [-0.2, -0.15) is 0 Å². The lowest BCUT2D eigenvalue weighted by molar-refractivity contribution is -0.144. The molecule has 2 heterocycles. The normalized spacial score (nSPS) is 21.8. The van der Waals surface area contributed by atoms with E-state index in [1.807, 2.05) is 72.2 Å². The van der Waals surface area contributed by atoms with Gasteiger partial charge < -0.3 is 24.1 Å². The van der Waals surface area contributed by atoms with Crippen molar-refractivity contribution in [2.75, 3.05) is 42.3 Å². The van der Waals surface area contributed by atoms with E-state index in [4.69, 9.17) is 25.9 Å². The smallest absolute Gasteiger partial charge is 0.308 e. The number of carbonyl (C=O) groups excluding carboxylic acids is 4. The van der Waals surface area contributed by atoms with Gasteiger partial charge in [-0.1, -0.05) is 62.4 Å².